The van der Waals surface area contributed by atoms with E-state index in [0.29, 0.717) is 18.2 Å². The first-order valence-electron chi connectivity index (χ1n) is 7.90. The Balaban J connectivity index is 1.80. The number of piperidine rings is 1. The highest BCUT2D eigenvalue weighted by Gasteiger charge is 2.39. The molecule has 2 fully saturated rings. The van der Waals surface area contributed by atoms with Crippen molar-refractivity contribution in [1.29, 1.82) is 0 Å². The maximum Gasteiger partial charge on any atom is 0.218 e. The van der Waals surface area contributed by atoms with E-state index in [9.17, 15) is 8.42 Å². The molecule has 116 valence electrons. The van der Waals surface area contributed by atoms with Crippen molar-refractivity contribution in [3.63, 3.8) is 0 Å². The molecular weight excluding hydrogens is 284 g/mol. The number of nitrogens with two attached hydrogens (primary N) is 1. The highest BCUT2D eigenvalue weighted by Crippen LogP contribution is 2.37. The zero-order valence-corrected chi connectivity index (χ0v) is 13.2. The summed E-state index contributed by atoms with van der Waals surface area (Å²) in [6.07, 6.45) is 6.82. The van der Waals surface area contributed by atoms with Gasteiger partial charge in [-0.2, -0.15) is 4.31 Å². The molecule has 1 heterocycles. The van der Waals surface area contributed by atoms with Crippen LogP contribution in [-0.4, -0.2) is 25.3 Å². The fourth-order valence-corrected chi connectivity index (χ4v) is 5.76. The third kappa shape index (κ3) is 3.24. The SMILES string of the molecule is Nc1cccc(CS(=O)(=O)N2CCCC3CCCCC32)c1. The number of sulfonamides is 1. The number of hydrogen-bond acceptors (Lipinski definition) is 3. The molecule has 5 heteroatoms. The zero-order valence-electron chi connectivity index (χ0n) is 12.4. The first kappa shape index (κ1) is 14.9. The number of nitrogens with zero attached hydrogens (tertiary/aromatic N) is 1. The summed E-state index contributed by atoms with van der Waals surface area (Å²) in [7, 11) is -3.25. The molecule has 4 nitrogen and oxygen atoms in total. The van der Waals surface area contributed by atoms with E-state index in [-0.39, 0.29) is 11.8 Å². The van der Waals surface area contributed by atoms with Crippen LogP contribution in [0.25, 0.3) is 0 Å². The smallest absolute Gasteiger partial charge is 0.218 e. The number of anilines is 1. The second-order valence-corrected chi connectivity index (χ2v) is 8.29. The summed E-state index contributed by atoms with van der Waals surface area (Å²) in [5, 5.41) is 0. The van der Waals surface area contributed by atoms with Crippen molar-refractivity contribution in [2.45, 2.75) is 50.3 Å². The summed E-state index contributed by atoms with van der Waals surface area (Å²) in [4.78, 5) is 0. The Morgan fingerprint density at radius 1 is 1.14 bits per heavy atom. The van der Waals surface area contributed by atoms with Crippen LogP contribution >= 0.6 is 0 Å². The van der Waals surface area contributed by atoms with Gasteiger partial charge in [0, 0.05) is 18.3 Å². The van der Waals surface area contributed by atoms with Gasteiger partial charge in [0.15, 0.2) is 0 Å². The number of rotatable bonds is 3. The lowest BCUT2D eigenvalue weighted by Crippen LogP contribution is -2.49. The van der Waals surface area contributed by atoms with Crippen LogP contribution in [0, 0.1) is 5.92 Å². The van der Waals surface area contributed by atoms with E-state index in [1.807, 2.05) is 12.1 Å². The summed E-state index contributed by atoms with van der Waals surface area (Å²) in [5.74, 6) is 0.643. The second-order valence-electron chi connectivity index (χ2n) is 6.37. The van der Waals surface area contributed by atoms with Crippen LogP contribution in [0.3, 0.4) is 0 Å². The molecule has 1 aliphatic carbocycles. The minimum absolute atomic E-state index is 0.0707. The molecule has 2 unspecified atom stereocenters. The maximum atomic E-state index is 12.8. The molecule has 1 saturated carbocycles. The largest absolute Gasteiger partial charge is 0.399 e. The predicted octanol–water partition coefficient (Wildman–Crippen LogP) is 2.75. The molecule has 0 aromatic heterocycles. The Morgan fingerprint density at radius 2 is 1.90 bits per heavy atom. The second kappa shape index (κ2) is 5.97. The lowest BCUT2D eigenvalue weighted by atomic mass is 9.79. The van der Waals surface area contributed by atoms with Gasteiger partial charge >= 0.3 is 0 Å². The Morgan fingerprint density at radius 3 is 2.71 bits per heavy atom. The normalized spacial score (nSPS) is 27.2. The summed E-state index contributed by atoms with van der Waals surface area (Å²) in [6, 6.07) is 7.45. The van der Waals surface area contributed by atoms with Gasteiger partial charge in [-0.25, -0.2) is 8.42 Å². The van der Waals surface area contributed by atoms with E-state index in [1.165, 1.54) is 19.3 Å². The van der Waals surface area contributed by atoms with Crippen molar-refractivity contribution < 1.29 is 8.42 Å². The van der Waals surface area contributed by atoms with E-state index in [4.69, 9.17) is 5.73 Å². The van der Waals surface area contributed by atoms with Crippen LogP contribution in [0.5, 0.6) is 0 Å². The van der Waals surface area contributed by atoms with Gasteiger partial charge in [0.2, 0.25) is 10.0 Å². The molecule has 0 amide bonds. The Bertz CT molecular complexity index is 598. The van der Waals surface area contributed by atoms with Crippen molar-refractivity contribution in [3.05, 3.63) is 29.8 Å². The maximum absolute atomic E-state index is 12.8. The first-order valence-corrected chi connectivity index (χ1v) is 9.51. The molecule has 2 N–H and O–H groups in total. The van der Waals surface area contributed by atoms with Crippen molar-refractivity contribution in [3.8, 4) is 0 Å². The summed E-state index contributed by atoms with van der Waals surface area (Å²) >= 11 is 0. The standard InChI is InChI=1S/C16H24N2O2S/c17-15-8-3-5-13(11-15)12-21(19,20)18-10-4-7-14-6-1-2-9-16(14)18/h3,5,8,11,14,16H,1-2,4,6-7,9-10,12,17H2. The average Bonchev–Trinajstić information content (AvgIpc) is 2.46. The molecule has 1 aromatic rings. The Kier molecular flexibility index (Phi) is 4.22. The molecule has 0 bridgehead atoms. The predicted molar refractivity (Wildman–Crippen MR) is 85.2 cm³/mol. The number of fused-ring (bicyclic) bond motifs is 1. The van der Waals surface area contributed by atoms with Gasteiger partial charge in [0.25, 0.3) is 0 Å². The molecule has 3 rings (SSSR count). The van der Waals surface area contributed by atoms with Crippen molar-refractivity contribution in [2.75, 3.05) is 12.3 Å². The van der Waals surface area contributed by atoms with Crippen LogP contribution in [0.15, 0.2) is 24.3 Å². The minimum Gasteiger partial charge on any atom is -0.399 e. The fourth-order valence-electron chi connectivity index (χ4n) is 3.90. The third-order valence-corrected chi connectivity index (χ3v) is 6.72. The van der Waals surface area contributed by atoms with E-state index in [2.05, 4.69) is 0 Å². The van der Waals surface area contributed by atoms with Crippen LogP contribution in [0.4, 0.5) is 5.69 Å². The number of hydrogen-bond donors (Lipinski definition) is 1. The van der Waals surface area contributed by atoms with Crippen LogP contribution in [0.1, 0.15) is 44.1 Å². The molecule has 2 atom stereocenters. The molecule has 0 radical (unpaired) electrons. The highest BCUT2D eigenvalue weighted by molar-refractivity contribution is 7.88. The van der Waals surface area contributed by atoms with Crippen LogP contribution in [-0.2, 0) is 15.8 Å². The molecule has 0 spiro atoms. The lowest BCUT2D eigenvalue weighted by molar-refractivity contribution is 0.129. The van der Waals surface area contributed by atoms with E-state index >= 15 is 0 Å². The van der Waals surface area contributed by atoms with E-state index in [1.54, 1.807) is 16.4 Å². The Labute approximate surface area is 127 Å². The van der Waals surface area contributed by atoms with Crippen molar-refractivity contribution in [1.82, 2.24) is 4.31 Å². The first-order chi connectivity index (χ1) is 10.1. The minimum atomic E-state index is -3.25. The zero-order chi connectivity index (χ0) is 14.9. The van der Waals surface area contributed by atoms with Gasteiger partial charge in [0.05, 0.1) is 5.75 Å². The quantitative estimate of drug-likeness (QED) is 0.873. The average molecular weight is 308 g/mol. The van der Waals surface area contributed by atoms with Gasteiger partial charge in [-0.1, -0.05) is 25.0 Å². The molecule has 1 aromatic carbocycles. The van der Waals surface area contributed by atoms with Gasteiger partial charge in [-0.05, 0) is 49.3 Å². The summed E-state index contributed by atoms with van der Waals surface area (Å²) < 4.78 is 27.4. The third-order valence-electron chi connectivity index (χ3n) is 4.85. The van der Waals surface area contributed by atoms with Gasteiger partial charge in [-0.15, -0.1) is 0 Å². The van der Waals surface area contributed by atoms with Gasteiger partial charge in [0.1, 0.15) is 0 Å². The molecule has 1 saturated heterocycles. The summed E-state index contributed by atoms with van der Waals surface area (Å²) in [6.45, 7) is 0.686. The fraction of sp³-hybridized carbons (Fsp3) is 0.625. The van der Waals surface area contributed by atoms with Crippen molar-refractivity contribution in [2.24, 2.45) is 5.92 Å². The highest BCUT2D eigenvalue weighted by atomic mass is 32.2. The molecule has 2 aliphatic rings. The monoisotopic (exact) mass is 308 g/mol. The molecular formula is C16H24N2O2S. The lowest BCUT2D eigenvalue weighted by Gasteiger charge is -2.43. The molecule has 21 heavy (non-hydrogen) atoms. The van der Waals surface area contributed by atoms with Crippen LogP contribution < -0.4 is 5.73 Å². The number of nitrogen functional groups attached to an aromatic ring is 1. The molecule has 1 aliphatic heterocycles. The van der Waals surface area contributed by atoms with Crippen LogP contribution in [0.2, 0.25) is 0 Å². The summed E-state index contributed by atoms with van der Waals surface area (Å²) in [5.41, 5.74) is 7.16. The van der Waals surface area contributed by atoms with Gasteiger partial charge in [-0.3, -0.25) is 0 Å². The van der Waals surface area contributed by atoms with E-state index in [0.717, 1.165) is 24.8 Å². The Hall–Kier alpha value is -1.07. The van der Waals surface area contributed by atoms with Gasteiger partial charge < -0.3 is 5.73 Å². The topological polar surface area (TPSA) is 63.4 Å². The number of benzene rings is 1. The van der Waals surface area contributed by atoms with Crippen molar-refractivity contribution >= 4 is 15.7 Å². The van der Waals surface area contributed by atoms with E-state index < -0.39 is 10.0 Å².